The number of para-hydroxylation sites is 1. The zero-order chi connectivity index (χ0) is 17.9. The van der Waals surface area contributed by atoms with Crippen LogP contribution in [0.2, 0.25) is 0 Å². The molecule has 4 aromatic rings. The highest BCUT2D eigenvalue weighted by Gasteiger charge is 2.12. The number of carbonyl (C=O) groups is 1. The molecule has 2 heterocycles. The van der Waals surface area contributed by atoms with Gasteiger partial charge in [0, 0.05) is 5.69 Å². The molecule has 6 heteroatoms. The number of rotatable bonds is 5. The van der Waals surface area contributed by atoms with Gasteiger partial charge in [-0.05, 0) is 49.4 Å². The Bertz CT molecular complexity index is 1050. The van der Waals surface area contributed by atoms with Crippen molar-refractivity contribution >= 4 is 33.1 Å². The van der Waals surface area contributed by atoms with Gasteiger partial charge in [0.05, 0.1) is 15.2 Å². The predicted molar refractivity (Wildman–Crippen MR) is 102 cm³/mol. The third kappa shape index (κ3) is 3.60. The fraction of sp³-hybridized carbons (Fsp3) is 0.100. The zero-order valence-corrected chi connectivity index (χ0v) is 14.9. The van der Waals surface area contributed by atoms with Crippen LogP contribution in [0.25, 0.3) is 10.2 Å². The molecule has 0 spiro atoms. The number of anilines is 1. The van der Waals surface area contributed by atoms with Gasteiger partial charge < -0.3 is 14.5 Å². The number of ether oxygens (including phenoxy) is 1. The van der Waals surface area contributed by atoms with E-state index in [0.29, 0.717) is 11.4 Å². The van der Waals surface area contributed by atoms with Crippen molar-refractivity contribution in [3.63, 3.8) is 0 Å². The first kappa shape index (κ1) is 16.4. The second kappa shape index (κ2) is 7.01. The topological polar surface area (TPSA) is 64.4 Å². The molecule has 0 aliphatic heterocycles. The van der Waals surface area contributed by atoms with Gasteiger partial charge in [0.15, 0.2) is 5.76 Å². The van der Waals surface area contributed by atoms with E-state index in [1.165, 1.54) is 0 Å². The van der Waals surface area contributed by atoms with Crippen LogP contribution in [0.4, 0.5) is 5.69 Å². The smallest absolute Gasteiger partial charge is 0.291 e. The molecule has 5 nitrogen and oxygen atoms in total. The Hall–Kier alpha value is -3.12. The van der Waals surface area contributed by atoms with Crippen LogP contribution in [0.5, 0.6) is 5.75 Å². The van der Waals surface area contributed by atoms with Gasteiger partial charge >= 0.3 is 0 Å². The Morgan fingerprint density at radius 3 is 2.85 bits per heavy atom. The van der Waals surface area contributed by atoms with E-state index in [4.69, 9.17) is 9.15 Å². The maximum Gasteiger partial charge on any atom is 0.291 e. The van der Waals surface area contributed by atoms with Crippen LogP contribution in [0.3, 0.4) is 0 Å². The summed E-state index contributed by atoms with van der Waals surface area (Å²) in [4.78, 5) is 16.8. The minimum atomic E-state index is -0.295. The monoisotopic (exact) mass is 364 g/mol. The lowest BCUT2D eigenvalue weighted by molar-refractivity contribution is 0.0992. The molecule has 1 amide bonds. The highest BCUT2D eigenvalue weighted by atomic mass is 32.1. The number of furan rings is 1. The van der Waals surface area contributed by atoms with Crippen LogP contribution >= 0.6 is 11.3 Å². The molecule has 2 aromatic heterocycles. The number of aromatic nitrogens is 1. The van der Waals surface area contributed by atoms with Crippen LogP contribution in [-0.2, 0) is 6.61 Å². The number of benzene rings is 2. The van der Waals surface area contributed by atoms with Crippen LogP contribution in [0.1, 0.15) is 21.3 Å². The van der Waals surface area contributed by atoms with Gasteiger partial charge in [0.1, 0.15) is 18.1 Å². The highest BCUT2D eigenvalue weighted by molar-refractivity contribution is 7.18. The van der Waals surface area contributed by atoms with Gasteiger partial charge in [0.25, 0.3) is 5.91 Å². The number of hydrogen-bond acceptors (Lipinski definition) is 5. The fourth-order valence-electron chi connectivity index (χ4n) is 2.56. The lowest BCUT2D eigenvalue weighted by atomic mass is 10.3. The number of fused-ring (bicyclic) bond motifs is 1. The number of hydrogen-bond donors (Lipinski definition) is 1. The second-order valence-electron chi connectivity index (χ2n) is 5.74. The minimum Gasteiger partial charge on any atom is -0.486 e. The summed E-state index contributed by atoms with van der Waals surface area (Å²) in [6, 6.07) is 18.5. The van der Waals surface area contributed by atoms with Crippen molar-refractivity contribution in [3.05, 3.63) is 77.2 Å². The number of amides is 1. The van der Waals surface area contributed by atoms with Crippen molar-refractivity contribution in [2.24, 2.45) is 0 Å². The van der Waals surface area contributed by atoms with E-state index < -0.39 is 0 Å². The number of aryl methyl sites for hydroxylation is 1. The molecule has 1 N–H and O–H groups in total. The number of thiazole rings is 1. The average Bonchev–Trinajstić information content (AvgIpc) is 3.26. The van der Waals surface area contributed by atoms with Crippen LogP contribution < -0.4 is 10.1 Å². The lowest BCUT2D eigenvalue weighted by Gasteiger charge is -2.04. The van der Waals surface area contributed by atoms with Gasteiger partial charge in [-0.15, -0.1) is 11.3 Å². The standard InChI is InChI=1S/C20H16N2O3S/c1-13-21-17-9-7-14(11-19(17)26-13)22-20(23)18-10-8-16(25-18)12-24-15-5-3-2-4-6-15/h2-11H,12H2,1H3,(H,22,23). The molecular formula is C20H16N2O3S. The lowest BCUT2D eigenvalue weighted by Crippen LogP contribution is -2.10. The van der Waals surface area contributed by atoms with Crippen molar-refractivity contribution in [1.29, 1.82) is 0 Å². The number of nitrogens with one attached hydrogen (secondary N) is 1. The summed E-state index contributed by atoms with van der Waals surface area (Å²) < 4.78 is 12.2. The summed E-state index contributed by atoms with van der Waals surface area (Å²) in [5, 5.41) is 3.85. The highest BCUT2D eigenvalue weighted by Crippen LogP contribution is 2.25. The van der Waals surface area contributed by atoms with Gasteiger partial charge in [-0.1, -0.05) is 18.2 Å². The van der Waals surface area contributed by atoms with E-state index in [9.17, 15) is 4.79 Å². The minimum absolute atomic E-state index is 0.247. The van der Waals surface area contributed by atoms with Crippen LogP contribution in [0.15, 0.2) is 65.1 Å². The Balaban J connectivity index is 1.42. The van der Waals surface area contributed by atoms with Crippen molar-refractivity contribution in [3.8, 4) is 5.75 Å². The first-order chi connectivity index (χ1) is 12.7. The van der Waals surface area contributed by atoms with E-state index >= 15 is 0 Å². The van der Waals surface area contributed by atoms with Crippen molar-refractivity contribution in [2.45, 2.75) is 13.5 Å². The molecule has 0 saturated carbocycles. The molecule has 0 radical (unpaired) electrons. The van der Waals surface area contributed by atoms with Crippen LogP contribution in [-0.4, -0.2) is 10.9 Å². The summed E-state index contributed by atoms with van der Waals surface area (Å²) in [5.41, 5.74) is 1.65. The van der Waals surface area contributed by atoms with Crippen molar-refractivity contribution < 1.29 is 13.9 Å². The zero-order valence-electron chi connectivity index (χ0n) is 14.1. The Morgan fingerprint density at radius 1 is 1.15 bits per heavy atom. The fourth-order valence-corrected chi connectivity index (χ4v) is 3.43. The molecule has 130 valence electrons. The number of carbonyl (C=O) groups excluding carboxylic acids is 1. The molecule has 0 saturated heterocycles. The predicted octanol–water partition coefficient (Wildman–Crippen LogP) is 5.03. The first-order valence-electron chi connectivity index (χ1n) is 8.12. The summed E-state index contributed by atoms with van der Waals surface area (Å²) in [6.45, 7) is 2.23. The average molecular weight is 364 g/mol. The van der Waals surface area contributed by atoms with E-state index in [1.54, 1.807) is 23.5 Å². The molecular weight excluding hydrogens is 348 g/mol. The molecule has 0 aliphatic rings. The van der Waals surface area contributed by atoms with E-state index in [1.807, 2.05) is 55.5 Å². The molecule has 0 atom stereocenters. The molecule has 0 aliphatic carbocycles. The molecule has 0 bridgehead atoms. The van der Waals surface area contributed by atoms with Crippen LogP contribution in [0, 0.1) is 6.92 Å². The summed E-state index contributed by atoms with van der Waals surface area (Å²) in [6.07, 6.45) is 0. The van der Waals surface area contributed by atoms with Gasteiger partial charge in [0.2, 0.25) is 0 Å². The Labute approximate surface area is 154 Å². The second-order valence-corrected chi connectivity index (χ2v) is 6.97. The quantitative estimate of drug-likeness (QED) is 0.539. The van der Waals surface area contributed by atoms with Crippen molar-refractivity contribution in [1.82, 2.24) is 4.98 Å². The Kier molecular flexibility index (Phi) is 4.41. The van der Waals surface area contributed by atoms with Gasteiger partial charge in [-0.25, -0.2) is 4.98 Å². The normalized spacial score (nSPS) is 10.8. The van der Waals surface area contributed by atoms with Gasteiger partial charge in [-0.3, -0.25) is 4.79 Å². The van der Waals surface area contributed by atoms with E-state index in [2.05, 4.69) is 10.3 Å². The largest absolute Gasteiger partial charge is 0.486 e. The van der Waals surface area contributed by atoms with E-state index in [0.717, 1.165) is 21.0 Å². The third-order valence-electron chi connectivity index (χ3n) is 3.76. The SMILES string of the molecule is Cc1nc2ccc(NC(=O)c3ccc(COc4ccccc4)o3)cc2s1. The molecule has 26 heavy (non-hydrogen) atoms. The Morgan fingerprint density at radius 2 is 2.00 bits per heavy atom. The molecule has 0 unspecified atom stereocenters. The maximum atomic E-state index is 12.4. The maximum absolute atomic E-state index is 12.4. The summed E-state index contributed by atoms with van der Waals surface area (Å²) >= 11 is 1.60. The third-order valence-corrected chi connectivity index (χ3v) is 4.70. The van der Waals surface area contributed by atoms with Gasteiger partial charge in [-0.2, -0.15) is 0 Å². The van der Waals surface area contributed by atoms with E-state index in [-0.39, 0.29) is 18.3 Å². The molecule has 2 aromatic carbocycles. The summed E-state index contributed by atoms with van der Waals surface area (Å²) in [5.74, 6) is 1.30. The van der Waals surface area contributed by atoms with Crippen molar-refractivity contribution in [2.75, 3.05) is 5.32 Å². The first-order valence-corrected chi connectivity index (χ1v) is 8.94. The molecule has 4 rings (SSSR count). The molecule has 0 fully saturated rings. The summed E-state index contributed by atoms with van der Waals surface area (Å²) in [7, 11) is 0. The number of nitrogens with zero attached hydrogens (tertiary/aromatic N) is 1.